The van der Waals surface area contributed by atoms with Crippen LogP contribution in [0.3, 0.4) is 0 Å². The highest BCUT2D eigenvalue weighted by Crippen LogP contribution is 2.28. The second-order valence-corrected chi connectivity index (χ2v) is 5.19. The second-order valence-electron chi connectivity index (χ2n) is 5.19. The average molecular weight is 254 g/mol. The van der Waals surface area contributed by atoms with E-state index in [1.54, 1.807) is 12.1 Å². The Labute approximate surface area is 104 Å². The second kappa shape index (κ2) is 4.23. The van der Waals surface area contributed by atoms with Gasteiger partial charge in [0.2, 0.25) is 0 Å². The molecule has 2 aromatic rings. The van der Waals surface area contributed by atoms with E-state index in [2.05, 4.69) is 9.72 Å². The van der Waals surface area contributed by atoms with Gasteiger partial charge in [0, 0.05) is 11.6 Å². The Morgan fingerprint density at radius 1 is 1.28 bits per heavy atom. The van der Waals surface area contributed by atoms with Gasteiger partial charge in [-0.2, -0.15) is 8.78 Å². The van der Waals surface area contributed by atoms with Crippen molar-refractivity contribution in [3.05, 3.63) is 24.0 Å². The summed E-state index contributed by atoms with van der Waals surface area (Å²) in [6.45, 7) is 5.22. The van der Waals surface area contributed by atoms with Gasteiger partial charge in [-0.1, -0.05) is 0 Å². The van der Waals surface area contributed by atoms with Crippen molar-refractivity contribution >= 4 is 11.0 Å². The first-order chi connectivity index (χ1) is 8.29. The molecule has 0 atom stereocenters. The van der Waals surface area contributed by atoms with Gasteiger partial charge in [0.15, 0.2) is 0 Å². The van der Waals surface area contributed by atoms with E-state index in [1.807, 2.05) is 32.3 Å². The van der Waals surface area contributed by atoms with Crippen LogP contribution in [0.2, 0.25) is 0 Å². The van der Waals surface area contributed by atoms with Crippen molar-refractivity contribution in [2.75, 3.05) is 0 Å². The summed E-state index contributed by atoms with van der Waals surface area (Å²) in [6, 6.07) is 4.81. The van der Waals surface area contributed by atoms with Gasteiger partial charge in [-0.25, -0.2) is 4.98 Å². The zero-order valence-electron chi connectivity index (χ0n) is 10.9. The van der Waals surface area contributed by atoms with E-state index in [0.717, 1.165) is 16.9 Å². The van der Waals surface area contributed by atoms with Crippen molar-refractivity contribution in [1.82, 2.24) is 9.55 Å². The molecule has 0 saturated carbocycles. The molecule has 5 heteroatoms. The molecule has 0 aliphatic carbocycles. The van der Waals surface area contributed by atoms with E-state index in [1.165, 1.54) is 6.07 Å². The number of rotatable bonds is 2. The maximum Gasteiger partial charge on any atom is 0.387 e. The van der Waals surface area contributed by atoms with Crippen LogP contribution in [-0.4, -0.2) is 16.2 Å². The van der Waals surface area contributed by atoms with Crippen LogP contribution in [-0.2, 0) is 5.54 Å². The third-order valence-electron chi connectivity index (χ3n) is 2.69. The van der Waals surface area contributed by atoms with Gasteiger partial charge in [0.05, 0.1) is 11.0 Å². The largest absolute Gasteiger partial charge is 0.435 e. The summed E-state index contributed by atoms with van der Waals surface area (Å²) in [5.74, 6) is 1.01. The zero-order chi connectivity index (χ0) is 13.5. The van der Waals surface area contributed by atoms with E-state index in [0.29, 0.717) is 0 Å². The van der Waals surface area contributed by atoms with Crippen LogP contribution >= 0.6 is 0 Å². The number of halogens is 2. The number of ether oxygens (including phenoxy) is 1. The summed E-state index contributed by atoms with van der Waals surface area (Å²) >= 11 is 0. The van der Waals surface area contributed by atoms with Gasteiger partial charge in [0.1, 0.15) is 11.6 Å². The molecule has 0 amide bonds. The SMILES string of the molecule is Cc1nc2ccc(OC(F)F)cc2n1C(C)(C)C. The van der Waals surface area contributed by atoms with Crippen molar-refractivity contribution in [2.45, 2.75) is 39.8 Å². The monoisotopic (exact) mass is 254 g/mol. The van der Waals surface area contributed by atoms with E-state index < -0.39 is 6.61 Å². The molecular weight excluding hydrogens is 238 g/mol. The molecule has 0 fully saturated rings. The summed E-state index contributed by atoms with van der Waals surface area (Å²) in [4.78, 5) is 4.42. The number of aromatic nitrogens is 2. The molecule has 0 aliphatic rings. The van der Waals surface area contributed by atoms with Crippen molar-refractivity contribution < 1.29 is 13.5 Å². The molecule has 1 aromatic heterocycles. The first-order valence-corrected chi connectivity index (χ1v) is 5.73. The third kappa shape index (κ3) is 2.30. The number of nitrogens with zero attached hydrogens (tertiary/aromatic N) is 2. The lowest BCUT2D eigenvalue weighted by molar-refractivity contribution is -0.0497. The molecule has 0 saturated heterocycles. The highest BCUT2D eigenvalue weighted by molar-refractivity contribution is 5.78. The number of hydrogen-bond acceptors (Lipinski definition) is 2. The van der Waals surface area contributed by atoms with Crippen LogP contribution in [0.5, 0.6) is 5.75 Å². The number of fused-ring (bicyclic) bond motifs is 1. The molecule has 1 heterocycles. The molecule has 0 aliphatic heterocycles. The summed E-state index contributed by atoms with van der Waals surface area (Å²) in [5, 5.41) is 0. The maximum absolute atomic E-state index is 12.2. The number of hydrogen-bond donors (Lipinski definition) is 0. The fourth-order valence-electron chi connectivity index (χ4n) is 2.20. The lowest BCUT2D eigenvalue weighted by atomic mass is 10.1. The standard InChI is InChI=1S/C13H16F2N2O/c1-8-16-10-6-5-9(18-12(14)15)7-11(10)17(8)13(2,3)4/h5-7,12H,1-4H3. The van der Waals surface area contributed by atoms with Crippen LogP contribution in [0.1, 0.15) is 26.6 Å². The molecule has 18 heavy (non-hydrogen) atoms. The van der Waals surface area contributed by atoms with Crippen molar-refractivity contribution in [1.29, 1.82) is 0 Å². The molecule has 3 nitrogen and oxygen atoms in total. The molecule has 0 spiro atoms. The minimum Gasteiger partial charge on any atom is -0.435 e. The van der Waals surface area contributed by atoms with E-state index >= 15 is 0 Å². The summed E-state index contributed by atoms with van der Waals surface area (Å²) in [6.07, 6.45) is 0. The summed E-state index contributed by atoms with van der Waals surface area (Å²) < 4.78 is 30.9. The van der Waals surface area contributed by atoms with Crippen LogP contribution in [0.15, 0.2) is 18.2 Å². The predicted molar refractivity (Wildman–Crippen MR) is 66.1 cm³/mol. The minimum absolute atomic E-state index is 0.155. The quantitative estimate of drug-likeness (QED) is 0.817. The Balaban J connectivity index is 2.60. The fourth-order valence-corrected chi connectivity index (χ4v) is 2.20. The van der Waals surface area contributed by atoms with Crippen LogP contribution in [0.4, 0.5) is 8.78 Å². The fraction of sp³-hybridized carbons (Fsp3) is 0.462. The Morgan fingerprint density at radius 3 is 2.50 bits per heavy atom. The Hall–Kier alpha value is -1.65. The van der Waals surface area contributed by atoms with Gasteiger partial charge >= 0.3 is 6.61 Å². The van der Waals surface area contributed by atoms with Crippen LogP contribution in [0, 0.1) is 6.92 Å². The Bertz CT molecular complexity index is 570. The topological polar surface area (TPSA) is 27.1 Å². The lowest BCUT2D eigenvalue weighted by Crippen LogP contribution is -2.22. The summed E-state index contributed by atoms with van der Waals surface area (Å²) in [7, 11) is 0. The van der Waals surface area contributed by atoms with Gasteiger partial charge < -0.3 is 9.30 Å². The zero-order valence-corrected chi connectivity index (χ0v) is 10.9. The van der Waals surface area contributed by atoms with Gasteiger partial charge in [0.25, 0.3) is 0 Å². The van der Waals surface area contributed by atoms with Gasteiger partial charge in [-0.3, -0.25) is 0 Å². The van der Waals surface area contributed by atoms with Gasteiger partial charge in [-0.05, 0) is 39.8 Å². The van der Waals surface area contributed by atoms with E-state index in [4.69, 9.17) is 0 Å². The molecule has 0 N–H and O–H groups in total. The lowest BCUT2D eigenvalue weighted by Gasteiger charge is -2.23. The van der Waals surface area contributed by atoms with Crippen molar-refractivity contribution in [2.24, 2.45) is 0 Å². The number of aryl methyl sites for hydroxylation is 1. The predicted octanol–water partition coefficient (Wildman–Crippen LogP) is 3.70. The molecule has 0 radical (unpaired) electrons. The first-order valence-electron chi connectivity index (χ1n) is 5.73. The smallest absolute Gasteiger partial charge is 0.387 e. The molecule has 1 aromatic carbocycles. The average Bonchev–Trinajstić information content (AvgIpc) is 2.51. The van der Waals surface area contributed by atoms with Gasteiger partial charge in [-0.15, -0.1) is 0 Å². The first kappa shape index (κ1) is 12.8. The van der Waals surface area contributed by atoms with E-state index in [9.17, 15) is 8.78 Å². The summed E-state index contributed by atoms with van der Waals surface area (Å²) in [5.41, 5.74) is 1.42. The molecule has 0 bridgehead atoms. The maximum atomic E-state index is 12.2. The number of alkyl halides is 2. The molecule has 98 valence electrons. The minimum atomic E-state index is -2.81. The number of benzene rings is 1. The van der Waals surface area contributed by atoms with Crippen LogP contribution in [0.25, 0.3) is 11.0 Å². The Kier molecular flexibility index (Phi) is 3.00. The Morgan fingerprint density at radius 2 is 1.94 bits per heavy atom. The van der Waals surface area contributed by atoms with Crippen molar-refractivity contribution in [3.8, 4) is 5.75 Å². The van der Waals surface area contributed by atoms with Crippen molar-refractivity contribution in [3.63, 3.8) is 0 Å². The van der Waals surface area contributed by atoms with Crippen LogP contribution < -0.4 is 4.74 Å². The number of imidazole rings is 1. The highest BCUT2D eigenvalue weighted by atomic mass is 19.3. The normalized spacial score (nSPS) is 12.4. The molecular formula is C13H16F2N2O. The third-order valence-corrected chi connectivity index (χ3v) is 2.69. The highest BCUT2D eigenvalue weighted by Gasteiger charge is 2.20. The molecule has 0 unspecified atom stereocenters. The molecule has 2 rings (SSSR count). The van der Waals surface area contributed by atoms with E-state index in [-0.39, 0.29) is 11.3 Å².